The summed E-state index contributed by atoms with van der Waals surface area (Å²) in [6.45, 7) is 3.29. The van der Waals surface area contributed by atoms with Gasteiger partial charge in [-0.1, -0.05) is 48.2 Å². The summed E-state index contributed by atoms with van der Waals surface area (Å²) >= 11 is 0. The molecule has 0 amide bonds. The van der Waals surface area contributed by atoms with Crippen molar-refractivity contribution in [3.63, 3.8) is 0 Å². The second kappa shape index (κ2) is 7.20. The highest BCUT2D eigenvalue weighted by molar-refractivity contribution is 6.23. The van der Waals surface area contributed by atoms with E-state index in [1.807, 2.05) is 42.5 Å². The van der Waals surface area contributed by atoms with Gasteiger partial charge in [-0.05, 0) is 48.9 Å². The van der Waals surface area contributed by atoms with Gasteiger partial charge in [-0.2, -0.15) is 5.26 Å². The van der Waals surface area contributed by atoms with E-state index in [1.165, 1.54) is 12.1 Å². The third-order valence-electron chi connectivity index (χ3n) is 5.35. The molecule has 4 aromatic carbocycles. The van der Waals surface area contributed by atoms with Crippen LogP contribution in [0, 0.1) is 29.0 Å². The quantitative estimate of drug-likeness (QED) is 0.272. The standard InChI is InChI=1S/C27H18FN3O/c1-27(2,32)13-12-16-10-11-20-21(14-16)18-7-3-4-8-19(18)24-25(20)31-26(30-24)23-17(15-29)6-5-9-22(23)28/h3-11,14,32H,1-2H3,(H,30,31). The van der Waals surface area contributed by atoms with Crippen LogP contribution in [0.1, 0.15) is 25.0 Å². The molecule has 0 aliphatic rings. The minimum Gasteiger partial charge on any atom is -0.378 e. The number of H-pyrrole nitrogens is 1. The number of nitriles is 1. The number of hydrogen-bond donors (Lipinski definition) is 2. The lowest BCUT2D eigenvalue weighted by Gasteiger charge is -2.08. The summed E-state index contributed by atoms with van der Waals surface area (Å²) < 4.78 is 14.7. The third-order valence-corrected chi connectivity index (χ3v) is 5.35. The predicted molar refractivity (Wildman–Crippen MR) is 124 cm³/mol. The number of aromatic amines is 1. The van der Waals surface area contributed by atoms with Crippen LogP contribution in [-0.4, -0.2) is 20.7 Å². The zero-order valence-electron chi connectivity index (χ0n) is 17.5. The molecule has 0 saturated carbocycles. The van der Waals surface area contributed by atoms with Crippen molar-refractivity contribution in [3.8, 4) is 29.3 Å². The van der Waals surface area contributed by atoms with Crippen LogP contribution in [0.25, 0.3) is 44.0 Å². The minimum atomic E-state index is -1.09. The van der Waals surface area contributed by atoms with Crippen molar-refractivity contribution >= 4 is 32.6 Å². The molecule has 0 aliphatic carbocycles. The van der Waals surface area contributed by atoms with E-state index in [-0.39, 0.29) is 11.1 Å². The maximum Gasteiger partial charge on any atom is 0.142 e. The smallest absolute Gasteiger partial charge is 0.142 e. The van der Waals surface area contributed by atoms with Gasteiger partial charge in [-0.25, -0.2) is 9.37 Å². The third kappa shape index (κ3) is 3.26. The number of halogens is 1. The van der Waals surface area contributed by atoms with Crippen LogP contribution in [0.5, 0.6) is 0 Å². The Hall–Kier alpha value is -4.19. The largest absolute Gasteiger partial charge is 0.378 e. The first-order chi connectivity index (χ1) is 15.4. The second-order valence-corrected chi connectivity index (χ2v) is 8.20. The topological polar surface area (TPSA) is 72.7 Å². The van der Waals surface area contributed by atoms with E-state index < -0.39 is 11.4 Å². The summed E-state index contributed by atoms with van der Waals surface area (Å²) in [5.41, 5.74) is 1.56. The van der Waals surface area contributed by atoms with Gasteiger partial charge in [0.2, 0.25) is 0 Å². The zero-order valence-corrected chi connectivity index (χ0v) is 17.5. The normalized spacial score (nSPS) is 11.5. The van der Waals surface area contributed by atoms with E-state index in [4.69, 9.17) is 4.98 Å². The lowest BCUT2D eigenvalue weighted by Crippen LogP contribution is -2.14. The highest BCUT2D eigenvalue weighted by Crippen LogP contribution is 2.36. The predicted octanol–water partition coefficient (Wildman–Crippen LogP) is 5.67. The van der Waals surface area contributed by atoms with E-state index in [0.717, 1.165) is 32.6 Å². The Morgan fingerprint density at radius 3 is 2.50 bits per heavy atom. The number of nitrogens with zero attached hydrogens (tertiary/aromatic N) is 2. The molecule has 5 rings (SSSR count). The van der Waals surface area contributed by atoms with Crippen molar-refractivity contribution in [2.75, 3.05) is 0 Å². The van der Waals surface area contributed by atoms with Crippen LogP contribution in [0.4, 0.5) is 4.39 Å². The van der Waals surface area contributed by atoms with Gasteiger partial charge >= 0.3 is 0 Å². The lowest BCUT2D eigenvalue weighted by molar-refractivity contribution is 0.143. The molecule has 0 spiro atoms. The Bertz CT molecular complexity index is 1640. The lowest BCUT2D eigenvalue weighted by atomic mass is 9.98. The van der Waals surface area contributed by atoms with Crippen molar-refractivity contribution in [2.45, 2.75) is 19.4 Å². The van der Waals surface area contributed by atoms with Crippen LogP contribution in [0.2, 0.25) is 0 Å². The van der Waals surface area contributed by atoms with Crippen molar-refractivity contribution in [1.82, 2.24) is 9.97 Å². The summed E-state index contributed by atoms with van der Waals surface area (Å²) in [4.78, 5) is 7.97. The summed E-state index contributed by atoms with van der Waals surface area (Å²) in [5, 5.41) is 23.2. The number of hydrogen-bond acceptors (Lipinski definition) is 3. The summed E-state index contributed by atoms with van der Waals surface area (Å²) in [7, 11) is 0. The number of aliphatic hydroxyl groups is 1. The number of rotatable bonds is 1. The summed E-state index contributed by atoms with van der Waals surface area (Å²) in [5.74, 6) is 5.70. The van der Waals surface area contributed by atoms with E-state index in [1.54, 1.807) is 19.9 Å². The molecule has 0 saturated heterocycles. The molecule has 5 heteroatoms. The Labute approximate surface area is 184 Å². The second-order valence-electron chi connectivity index (χ2n) is 8.20. The van der Waals surface area contributed by atoms with Crippen molar-refractivity contribution < 1.29 is 9.50 Å². The van der Waals surface area contributed by atoms with Crippen LogP contribution in [0.15, 0.2) is 60.7 Å². The first-order valence-corrected chi connectivity index (χ1v) is 10.1. The van der Waals surface area contributed by atoms with Gasteiger partial charge in [0.05, 0.1) is 28.2 Å². The summed E-state index contributed by atoms with van der Waals surface area (Å²) in [6.07, 6.45) is 0. The average molecular weight is 419 g/mol. The molecule has 0 atom stereocenters. The number of aromatic nitrogens is 2. The van der Waals surface area contributed by atoms with E-state index in [9.17, 15) is 14.8 Å². The van der Waals surface area contributed by atoms with Gasteiger partial charge < -0.3 is 10.1 Å². The fraction of sp³-hybridized carbons (Fsp3) is 0.111. The van der Waals surface area contributed by atoms with E-state index in [2.05, 4.69) is 22.9 Å². The van der Waals surface area contributed by atoms with E-state index >= 15 is 0 Å². The number of nitrogens with one attached hydrogen (secondary N) is 1. The molecule has 1 heterocycles. The highest BCUT2D eigenvalue weighted by atomic mass is 19.1. The van der Waals surface area contributed by atoms with Gasteiger partial charge in [-0.3, -0.25) is 0 Å². The fourth-order valence-corrected chi connectivity index (χ4v) is 3.95. The minimum absolute atomic E-state index is 0.163. The summed E-state index contributed by atoms with van der Waals surface area (Å²) in [6, 6.07) is 20.2. The molecule has 0 aliphatic heterocycles. The first-order valence-electron chi connectivity index (χ1n) is 10.1. The Balaban J connectivity index is 1.85. The molecule has 154 valence electrons. The van der Waals surface area contributed by atoms with Crippen molar-refractivity contribution in [1.29, 1.82) is 5.26 Å². The molecule has 32 heavy (non-hydrogen) atoms. The highest BCUT2D eigenvalue weighted by Gasteiger charge is 2.18. The number of imidazole rings is 1. The molecule has 0 bridgehead atoms. The molecule has 5 aromatic rings. The zero-order chi connectivity index (χ0) is 22.5. The SMILES string of the molecule is CC(C)(O)C#Cc1ccc2c(c1)c1ccccc1c1nc(-c3c(F)cccc3C#N)[nH]c21. The molecule has 0 unspecified atom stereocenters. The Morgan fingerprint density at radius 2 is 1.75 bits per heavy atom. The molecular weight excluding hydrogens is 401 g/mol. The van der Waals surface area contributed by atoms with Crippen molar-refractivity contribution in [3.05, 3.63) is 77.6 Å². The molecule has 0 fully saturated rings. The molecule has 0 radical (unpaired) electrons. The molecule has 2 N–H and O–H groups in total. The van der Waals surface area contributed by atoms with Gasteiger partial charge in [0.25, 0.3) is 0 Å². The van der Waals surface area contributed by atoms with Crippen molar-refractivity contribution in [2.24, 2.45) is 0 Å². The number of benzene rings is 4. The fourth-order valence-electron chi connectivity index (χ4n) is 3.95. The van der Waals surface area contributed by atoms with Gasteiger partial charge in [0, 0.05) is 16.3 Å². The van der Waals surface area contributed by atoms with Gasteiger partial charge in [-0.15, -0.1) is 0 Å². The Kier molecular flexibility index (Phi) is 4.44. The van der Waals surface area contributed by atoms with E-state index in [0.29, 0.717) is 11.3 Å². The number of fused-ring (bicyclic) bond motifs is 6. The maximum atomic E-state index is 14.7. The van der Waals surface area contributed by atoms with Gasteiger partial charge in [0.1, 0.15) is 17.2 Å². The van der Waals surface area contributed by atoms with Gasteiger partial charge in [0.15, 0.2) is 0 Å². The van der Waals surface area contributed by atoms with Crippen LogP contribution in [0.3, 0.4) is 0 Å². The molecule has 4 nitrogen and oxygen atoms in total. The first kappa shape index (κ1) is 19.8. The van der Waals surface area contributed by atoms with Crippen LogP contribution < -0.4 is 0 Å². The van der Waals surface area contributed by atoms with Crippen LogP contribution >= 0.6 is 0 Å². The van der Waals surface area contributed by atoms with Crippen LogP contribution in [-0.2, 0) is 0 Å². The molecule has 1 aromatic heterocycles. The molecular formula is C27H18FN3O. The average Bonchev–Trinajstić information content (AvgIpc) is 3.22. The maximum absolute atomic E-state index is 14.7. The Morgan fingerprint density at radius 1 is 0.969 bits per heavy atom. The monoisotopic (exact) mass is 419 g/mol.